The molecule has 0 fully saturated rings. The van der Waals surface area contributed by atoms with Gasteiger partial charge in [-0.25, -0.2) is 5.84 Å². The summed E-state index contributed by atoms with van der Waals surface area (Å²) in [5.74, 6) is 6.47. The van der Waals surface area contributed by atoms with E-state index in [-0.39, 0.29) is 0 Å². The van der Waals surface area contributed by atoms with Crippen LogP contribution in [-0.2, 0) is 0 Å². The van der Waals surface area contributed by atoms with Crippen LogP contribution in [0.2, 0.25) is 0 Å². The van der Waals surface area contributed by atoms with Crippen LogP contribution in [0.4, 0.5) is 11.4 Å². The van der Waals surface area contributed by atoms with E-state index in [2.05, 4.69) is 36.4 Å². The van der Waals surface area contributed by atoms with Gasteiger partial charge >= 0.3 is 0 Å². The van der Waals surface area contributed by atoms with Gasteiger partial charge in [0.1, 0.15) is 11.3 Å². The summed E-state index contributed by atoms with van der Waals surface area (Å²) in [5.41, 5.74) is 5.77. The zero-order chi connectivity index (χ0) is 18.2. The first-order valence-corrected chi connectivity index (χ1v) is 8.92. The van der Waals surface area contributed by atoms with Crippen molar-refractivity contribution in [1.29, 1.82) is 0 Å². The molecular weight excluding hydrogens is 332 g/mol. The van der Waals surface area contributed by atoms with Crippen molar-refractivity contribution in [3.8, 4) is 11.1 Å². The normalized spacial score (nSPS) is 11.1. The summed E-state index contributed by atoms with van der Waals surface area (Å²) in [6.45, 7) is 0. The van der Waals surface area contributed by atoms with Crippen LogP contribution in [0.1, 0.15) is 0 Å². The van der Waals surface area contributed by atoms with Crippen molar-refractivity contribution in [1.82, 2.24) is 0 Å². The van der Waals surface area contributed by atoms with Gasteiger partial charge in [-0.2, -0.15) is 0 Å². The summed E-state index contributed by atoms with van der Waals surface area (Å²) in [4.78, 5) is 0. The Kier molecular flexibility index (Phi) is 3.66. The monoisotopic (exact) mass is 350 g/mol. The SMILES string of the molecule is NN(c1ccc(-c2ccccc2)cc1)c1cccc2c1oc1ccccc12. The molecule has 3 heteroatoms. The van der Waals surface area contributed by atoms with E-state index in [1.807, 2.05) is 60.7 Å². The number of rotatable bonds is 3. The molecule has 0 amide bonds. The van der Waals surface area contributed by atoms with Gasteiger partial charge in [0.2, 0.25) is 0 Å². The van der Waals surface area contributed by atoms with Crippen LogP contribution < -0.4 is 10.9 Å². The minimum absolute atomic E-state index is 0.799. The molecule has 5 aromatic rings. The van der Waals surface area contributed by atoms with Crippen LogP contribution in [0.5, 0.6) is 0 Å². The highest BCUT2D eigenvalue weighted by atomic mass is 16.3. The zero-order valence-electron chi connectivity index (χ0n) is 14.7. The number of fused-ring (bicyclic) bond motifs is 3. The number of hydrogen-bond donors (Lipinski definition) is 1. The second-order valence-electron chi connectivity index (χ2n) is 6.53. The average Bonchev–Trinajstić information content (AvgIpc) is 3.13. The molecule has 0 aliphatic carbocycles. The van der Waals surface area contributed by atoms with Gasteiger partial charge in [-0.1, -0.05) is 72.8 Å². The molecule has 4 aromatic carbocycles. The predicted molar refractivity (Wildman–Crippen MR) is 112 cm³/mol. The van der Waals surface area contributed by atoms with E-state index >= 15 is 0 Å². The summed E-state index contributed by atoms with van der Waals surface area (Å²) >= 11 is 0. The first-order chi connectivity index (χ1) is 13.3. The topological polar surface area (TPSA) is 42.4 Å². The highest BCUT2D eigenvalue weighted by Gasteiger charge is 2.14. The maximum Gasteiger partial charge on any atom is 0.160 e. The molecule has 2 N–H and O–H groups in total. The summed E-state index contributed by atoms with van der Waals surface area (Å²) < 4.78 is 6.10. The smallest absolute Gasteiger partial charge is 0.160 e. The average molecular weight is 350 g/mol. The van der Waals surface area contributed by atoms with Crippen molar-refractivity contribution >= 4 is 33.3 Å². The number of hydrogen-bond acceptors (Lipinski definition) is 3. The third kappa shape index (κ3) is 2.65. The molecule has 0 saturated carbocycles. The fraction of sp³-hybridized carbons (Fsp3) is 0. The second-order valence-corrected chi connectivity index (χ2v) is 6.53. The highest BCUT2D eigenvalue weighted by molar-refractivity contribution is 6.09. The van der Waals surface area contributed by atoms with Crippen molar-refractivity contribution in [3.05, 3.63) is 97.1 Å². The molecule has 1 heterocycles. The van der Waals surface area contributed by atoms with Gasteiger partial charge in [0.15, 0.2) is 5.58 Å². The fourth-order valence-corrected chi connectivity index (χ4v) is 3.51. The predicted octanol–water partition coefficient (Wildman–Crippen LogP) is 6.26. The van der Waals surface area contributed by atoms with Gasteiger partial charge < -0.3 is 4.42 Å². The summed E-state index contributed by atoms with van der Waals surface area (Å²) in [6.07, 6.45) is 0. The van der Waals surface area contributed by atoms with Gasteiger partial charge in [-0.3, -0.25) is 5.01 Å². The van der Waals surface area contributed by atoms with Gasteiger partial charge in [0.05, 0.1) is 5.69 Å². The van der Waals surface area contributed by atoms with Gasteiger partial charge in [0.25, 0.3) is 0 Å². The molecule has 0 radical (unpaired) electrons. The Morgan fingerprint density at radius 3 is 2.07 bits per heavy atom. The minimum Gasteiger partial charge on any atom is -0.454 e. The Labute approximate surface area is 157 Å². The lowest BCUT2D eigenvalue weighted by Gasteiger charge is -2.19. The van der Waals surface area contributed by atoms with Gasteiger partial charge in [0, 0.05) is 10.8 Å². The highest BCUT2D eigenvalue weighted by Crippen LogP contribution is 2.36. The number of anilines is 2. The van der Waals surface area contributed by atoms with Crippen LogP contribution in [0.3, 0.4) is 0 Å². The minimum atomic E-state index is 0.799. The van der Waals surface area contributed by atoms with E-state index < -0.39 is 0 Å². The van der Waals surface area contributed by atoms with Crippen LogP contribution in [0, 0.1) is 0 Å². The first kappa shape index (κ1) is 15.7. The lowest BCUT2D eigenvalue weighted by atomic mass is 10.1. The van der Waals surface area contributed by atoms with E-state index in [4.69, 9.17) is 10.3 Å². The van der Waals surface area contributed by atoms with Crippen LogP contribution in [-0.4, -0.2) is 0 Å². The molecule has 0 saturated heterocycles. The molecule has 0 bridgehead atoms. The van der Waals surface area contributed by atoms with Crippen molar-refractivity contribution < 1.29 is 4.42 Å². The Morgan fingerprint density at radius 1 is 0.593 bits per heavy atom. The van der Waals surface area contributed by atoms with Gasteiger partial charge in [-0.15, -0.1) is 0 Å². The summed E-state index contributed by atoms with van der Waals surface area (Å²) in [5, 5.41) is 3.85. The number of hydrazine groups is 1. The number of nitrogens with zero attached hydrogens (tertiary/aromatic N) is 1. The van der Waals surface area contributed by atoms with E-state index in [1.165, 1.54) is 5.56 Å². The first-order valence-electron chi connectivity index (χ1n) is 8.92. The quantitative estimate of drug-likeness (QED) is 0.308. The third-order valence-electron chi connectivity index (χ3n) is 4.90. The maximum atomic E-state index is 6.47. The standard InChI is InChI=1S/C24H18N2O/c25-26(19-15-13-18(14-16-19)17-7-2-1-3-8-17)22-11-6-10-21-20-9-4-5-12-23(20)27-24(21)22/h1-16H,25H2. The number of para-hydroxylation sites is 2. The molecular formula is C24H18N2O. The molecule has 3 nitrogen and oxygen atoms in total. The number of furan rings is 1. The van der Waals surface area contributed by atoms with Crippen molar-refractivity contribution in [3.63, 3.8) is 0 Å². The molecule has 0 aliphatic rings. The largest absolute Gasteiger partial charge is 0.454 e. The summed E-state index contributed by atoms with van der Waals surface area (Å²) in [7, 11) is 0. The second kappa shape index (κ2) is 6.31. The Bertz CT molecular complexity index is 1220. The maximum absolute atomic E-state index is 6.47. The molecule has 0 spiro atoms. The summed E-state index contributed by atoms with van der Waals surface area (Å²) in [6, 6.07) is 32.7. The number of benzene rings is 4. The fourth-order valence-electron chi connectivity index (χ4n) is 3.51. The lowest BCUT2D eigenvalue weighted by molar-refractivity contribution is 0.668. The Balaban J connectivity index is 1.57. The molecule has 27 heavy (non-hydrogen) atoms. The Hall–Kier alpha value is -3.56. The molecule has 5 rings (SSSR count). The number of nitrogens with two attached hydrogens (primary N) is 1. The molecule has 0 unspecified atom stereocenters. The van der Waals surface area contributed by atoms with E-state index in [1.54, 1.807) is 5.01 Å². The zero-order valence-corrected chi connectivity index (χ0v) is 14.7. The van der Waals surface area contributed by atoms with E-state index in [0.29, 0.717) is 0 Å². The van der Waals surface area contributed by atoms with Crippen molar-refractivity contribution in [2.24, 2.45) is 5.84 Å². The van der Waals surface area contributed by atoms with E-state index in [0.717, 1.165) is 38.9 Å². The van der Waals surface area contributed by atoms with Gasteiger partial charge in [-0.05, 0) is 35.4 Å². The Morgan fingerprint density at radius 2 is 1.26 bits per heavy atom. The van der Waals surface area contributed by atoms with Crippen molar-refractivity contribution in [2.45, 2.75) is 0 Å². The molecule has 0 aliphatic heterocycles. The molecule has 0 atom stereocenters. The molecule has 130 valence electrons. The van der Waals surface area contributed by atoms with Crippen LogP contribution in [0.25, 0.3) is 33.1 Å². The lowest BCUT2D eigenvalue weighted by Crippen LogP contribution is -2.24. The molecule has 1 aromatic heterocycles. The third-order valence-corrected chi connectivity index (χ3v) is 4.90. The van der Waals surface area contributed by atoms with E-state index in [9.17, 15) is 0 Å². The van der Waals surface area contributed by atoms with Crippen molar-refractivity contribution in [2.75, 3.05) is 5.01 Å². The van der Waals surface area contributed by atoms with Crippen LogP contribution >= 0.6 is 0 Å². The van der Waals surface area contributed by atoms with Crippen LogP contribution in [0.15, 0.2) is 101 Å².